The molecule has 4 rings (SSSR count). The average molecular weight is 550 g/mol. The maximum absolute atomic E-state index is 13.9. The van der Waals surface area contributed by atoms with Crippen molar-refractivity contribution >= 4 is 21.4 Å². The number of hydrogen-bond acceptors (Lipinski definition) is 7. The number of carbonyl (C=O) groups is 1. The Kier molecular flexibility index (Phi) is 7.22. The largest absolute Gasteiger partial charge is 0.496 e. The van der Waals surface area contributed by atoms with Gasteiger partial charge in [0.15, 0.2) is 9.84 Å². The number of pyridine rings is 1. The third-order valence-electron chi connectivity index (χ3n) is 5.48. The van der Waals surface area contributed by atoms with E-state index in [9.17, 15) is 30.8 Å². The summed E-state index contributed by atoms with van der Waals surface area (Å²) in [6.07, 6.45) is 1.06. The lowest BCUT2D eigenvalue weighted by Gasteiger charge is -2.25. The molecule has 38 heavy (non-hydrogen) atoms. The van der Waals surface area contributed by atoms with E-state index in [2.05, 4.69) is 9.97 Å². The molecule has 0 aliphatic rings. The maximum Gasteiger partial charge on any atom is 0.416 e. The van der Waals surface area contributed by atoms with Gasteiger partial charge in [-0.3, -0.25) is 14.7 Å². The normalized spacial score (nSPS) is 11.8. The second kappa shape index (κ2) is 10.2. The molecular weight excluding hydrogens is 530 g/mol. The fourth-order valence-corrected chi connectivity index (χ4v) is 4.39. The van der Waals surface area contributed by atoms with Gasteiger partial charge in [-0.1, -0.05) is 0 Å². The summed E-state index contributed by atoms with van der Waals surface area (Å²) >= 11 is 0. The van der Waals surface area contributed by atoms with Crippen LogP contribution in [-0.2, 0) is 22.6 Å². The van der Waals surface area contributed by atoms with Gasteiger partial charge in [-0.2, -0.15) is 13.2 Å². The van der Waals surface area contributed by atoms with Gasteiger partial charge in [-0.25, -0.2) is 17.8 Å². The first-order chi connectivity index (χ1) is 17.9. The lowest BCUT2D eigenvalue weighted by Crippen LogP contribution is -2.31. The number of amides is 1. The second-order valence-electron chi connectivity index (χ2n) is 8.07. The molecule has 4 aromatic rings. The summed E-state index contributed by atoms with van der Waals surface area (Å²) in [6, 6.07) is 7.11. The SMILES string of the molecule is COc1cc(F)ccc1-c1ccncc1N(Cc1ncco1)C(=O)c1cc(C(F)(F)F)cc(S(C)(=O)=O)c1. The summed E-state index contributed by atoms with van der Waals surface area (Å²) in [5.74, 6) is -1.41. The summed E-state index contributed by atoms with van der Waals surface area (Å²) in [5, 5.41) is 0. The number of nitrogens with zero attached hydrogens (tertiary/aromatic N) is 3. The average Bonchev–Trinajstić information content (AvgIpc) is 3.39. The van der Waals surface area contributed by atoms with Gasteiger partial charge in [0.2, 0.25) is 5.89 Å². The van der Waals surface area contributed by atoms with Crippen molar-refractivity contribution in [3.8, 4) is 16.9 Å². The fraction of sp³-hybridized carbons (Fsp3) is 0.160. The zero-order chi connectivity index (χ0) is 27.7. The summed E-state index contributed by atoms with van der Waals surface area (Å²) < 4.78 is 89.6. The van der Waals surface area contributed by atoms with Crippen LogP contribution in [0, 0.1) is 5.82 Å². The molecule has 0 atom stereocenters. The molecule has 0 unspecified atom stereocenters. The summed E-state index contributed by atoms with van der Waals surface area (Å²) in [6.45, 7) is -0.349. The van der Waals surface area contributed by atoms with Crippen molar-refractivity contribution in [2.45, 2.75) is 17.6 Å². The molecular formula is C25H19F4N3O5S. The first kappa shape index (κ1) is 26.8. The van der Waals surface area contributed by atoms with Gasteiger partial charge in [-0.05, 0) is 36.4 Å². The Balaban J connectivity index is 1.93. The minimum Gasteiger partial charge on any atom is -0.496 e. The lowest BCUT2D eigenvalue weighted by molar-refractivity contribution is -0.137. The number of rotatable bonds is 7. The number of carbonyl (C=O) groups excluding carboxylic acids is 1. The molecule has 0 N–H and O–H groups in total. The number of alkyl halides is 3. The quantitative estimate of drug-likeness (QED) is 0.294. The molecule has 0 fully saturated rings. The highest BCUT2D eigenvalue weighted by molar-refractivity contribution is 7.90. The maximum atomic E-state index is 13.9. The van der Waals surface area contributed by atoms with E-state index in [-0.39, 0.29) is 23.9 Å². The van der Waals surface area contributed by atoms with Crippen LogP contribution < -0.4 is 9.64 Å². The van der Waals surface area contributed by atoms with Gasteiger partial charge in [0.25, 0.3) is 5.91 Å². The van der Waals surface area contributed by atoms with Crippen LogP contribution in [0.15, 0.2) is 76.6 Å². The van der Waals surface area contributed by atoms with Crippen molar-refractivity contribution < 1.29 is 39.9 Å². The molecule has 2 aromatic carbocycles. The molecule has 0 aliphatic heterocycles. The fourth-order valence-electron chi connectivity index (χ4n) is 3.71. The number of methoxy groups -OCH3 is 1. The minimum atomic E-state index is -4.93. The van der Waals surface area contributed by atoms with Gasteiger partial charge in [0, 0.05) is 35.2 Å². The van der Waals surface area contributed by atoms with Crippen LogP contribution in [0.5, 0.6) is 5.75 Å². The predicted octanol–water partition coefficient (Wildman–Crippen LogP) is 5.15. The Bertz CT molecular complexity index is 1590. The molecule has 2 aromatic heterocycles. The molecule has 0 radical (unpaired) electrons. The standard InChI is InChI=1S/C25H19F4N3O5S/c1-36-22-12-17(26)3-4-20(22)19-5-6-30-13-21(19)32(14-23-31-7-8-37-23)24(33)15-9-16(25(27,28)29)11-18(10-15)38(2,34)35/h3-13H,14H2,1-2H3. The van der Waals surface area contributed by atoms with Crippen LogP contribution in [0.25, 0.3) is 11.1 Å². The first-order valence-electron chi connectivity index (χ1n) is 10.8. The van der Waals surface area contributed by atoms with E-state index in [4.69, 9.17) is 9.15 Å². The van der Waals surface area contributed by atoms with E-state index in [1.165, 1.54) is 50.2 Å². The van der Waals surface area contributed by atoms with Gasteiger partial charge in [0.1, 0.15) is 24.4 Å². The molecule has 0 aliphatic carbocycles. The molecule has 1 amide bonds. The number of anilines is 1. The third-order valence-corrected chi connectivity index (χ3v) is 6.57. The zero-order valence-electron chi connectivity index (χ0n) is 19.9. The van der Waals surface area contributed by atoms with Gasteiger partial charge < -0.3 is 9.15 Å². The number of ether oxygens (including phenoxy) is 1. The van der Waals surface area contributed by atoms with Gasteiger partial charge in [0.05, 0.1) is 35.6 Å². The number of oxazole rings is 1. The van der Waals surface area contributed by atoms with Crippen molar-refractivity contribution in [3.05, 3.63) is 90.2 Å². The summed E-state index contributed by atoms with van der Waals surface area (Å²) in [4.78, 5) is 22.2. The predicted molar refractivity (Wildman–Crippen MR) is 128 cm³/mol. The summed E-state index contributed by atoms with van der Waals surface area (Å²) in [5.41, 5.74) is -1.08. The third kappa shape index (κ3) is 5.67. The van der Waals surface area contributed by atoms with Crippen LogP contribution in [0.4, 0.5) is 23.2 Å². The van der Waals surface area contributed by atoms with Crippen LogP contribution >= 0.6 is 0 Å². The van der Waals surface area contributed by atoms with Crippen LogP contribution in [0.2, 0.25) is 0 Å². The second-order valence-corrected chi connectivity index (χ2v) is 10.1. The molecule has 13 heteroatoms. The number of aromatic nitrogens is 2. The number of halogens is 4. The minimum absolute atomic E-state index is 0.0366. The molecule has 0 spiro atoms. The number of benzene rings is 2. The lowest BCUT2D eigenvalue weighted by atomic mass is 10.0. The molecule has 2 heterocycles. The smallest absolute Gasteiger partial charge is 0.416 e. The van der Waals surface area contributed by atoms with Crippen molar-refractivity contribution in [1.29, 1.82) is 0 Å². The number of hydrogen-bond donors (Lipinski definition) is 0. The van der Waals surface area contributed by atoms with Crippen LogP contribution in [-0.4, -0.2) is 37.7 Å². The zero-order valence-corrected chi connectivity index (χ0v) is 20.7. The highest BCUT2D eigenvalue weighted by atomic mass is 32.2. The van der Waals surface area contributed by atoms with E-state index in [0.29, 0.717) is 23.3 Å². The Morgan fingerprint density at radius 1 is 1.08 bits per heavy atom. The Hall–Kier alpha value is -4.26. The topological polar surface area (TPSA) is 103 Å². The van der Waals surface area contributed by atoms with E-state index >= 15 is 0 Å². The van der Waals surface area contributed by atoms with Crippen LogP contribution in [0.3, 0.4) is 0 Å². The molecule has 198 valence electrons. The molecule has 0 saturated carbocycles. The highest BCUT2D eigenvalue weighted by Crippen LogP contribution is 2.38. The Morgan fingerprint density at radius 2 is 1.84 bits per heavy atom. The first-order valence-corrected chi connectivity index (χ1v) is 12.7. The molecule has 0 saturated heterocycles. The number of sulfone groups is 1. The van der Waals surface area contributed by atoms with Crippen molar-refractivity contribution in [1.82, 2.24) is 9.97 Å². The van der Waals surface area contributed by atoms with E-state index < -0.39 is 43.8 Å². The molecule has 8 nitrogen and oxygen atoms in total. The van der Waals surface area contributed by atoms with E-state index in [0.717, 1.165) is 23.3 Å². The van der Waals surface area contributed by atoms with Crippen molar-refractivity contribution in [2.75, 3.05) is 18.3 Å². The van der Waals surface area contributed by atoms with Gasteiger partial charge >= 0.3 is 6.18 Å². The summed E-state index contributed by atoms with van der Waals surface area (Å²) in [7, 11) is -2.79. The van der Waals surface area contributed by atoms with Gasteiger partial charge in [-0.15, -0.1) is 0 Å². The van der Waals surface area contributed by atoms with Crippen LogP contribution in [0.1, 0.15) is 21.8 Å². The van der Waals surface area contributed by atoms with Crippen molar-refractivity contribution in [3.63, 3.8) is 0 Å². The van der Waals surface area contributed by atoms with Crippen molar-refractivity contribution in [2.24, 2.45) is 0 Å². The monoisotopic (exact) mass is 549 g/mol. The van der Waals surface area contributed by atoms with E-state index in [1.807, 2.05) is 0 Å². The highest BCUT2D eigenvalue weighted by Gasteiger charge is 2.34. The Labute approximate surface area is 214 Å². The Morgan fingerprint density at radius 3 is 2.47 bits per heavy atom. The van der Waals surface area contributed by atoms with E-state index in [1.54, 1.807) is 0 Å². The molecule has 0 bridgehead atoms.